The smallest absolute Gasteiger partial charge is 0.146 e. The van der Waals surface area contributed by atoms with Gasteiger partial charge in [-0.25, -0.2) is 9.97 Å². The third kappa shape index (κ3) is 3.37. The second kappa shape index (κ2) is 7.66. The van der Waals surface area contributed by atoms with Gasteiger partial charge in [0, 0.05) is 21.5 Å². The van der Waals surface area contributed by atoms with Gasteiger partial charge in [0.15, 0.2) is 0 Å². The van der Waals surface area contributed by atoms with Crippen molar-refractivity contribution in [2.75, 3.05) is 19.5 Å². The Labute approximate surface area is 171 Å². The first-order valence-corrected chi connectivity index (χ1v) is 9.79. The van der Waals surface area contributed by atoms with Gasteiger partial charge in [-0.05, 0) is 36.8 Å². The van der Waals surface area contributed by atoms with Gasteiger partial charge in [0.25, 0.3) is 0 Å². The van der Waals surface area contributed by atoms with Gasteiger partial charge in [0.2, 0.25) is 0 Å². The lowest BCUT2D eigenvalue weighted by atomic mass is 10.0. The lowest BCUT2D eigenvalue weighted by Gasteiger charge is -2.13. The molecule has 2 heterocycles. The van der Waals surface area contributed by atoms with Crippen molar-refractivity contribution in [2.24, 2.45) is 0 Å². The molecule has 0 saturated carbocycles. The monoisotopic (exact) mass is 411 g/mol. The molecule has 0 radical (unpaired) electrons. The van der Waals surface area contributed by atoms with Crippen LogP contribution in [0.4, 0.5) is 11.5 Å². The minimum absolute atomic E-state index is 0.672. The lowest BCUT2D eigenvalue weighted by molar-refractivity contribution is 0.395. The molecule has 0 bridgehead atoms. The Bertz CT molecular complexity index is 1140. The van der Waals surface area contributed by atoms with Crippen LogP contribution in [-0.4, -0.2) is 24.2 Å². The number of aryl methyl sites for hydroxylation is 1. The summed E-state index contributed by atoms with van der Waals surface area (Å²) in [7, 11) is 3.26. The third-order valence-corrected chi connectivity index (χ3v) is 5.72. The van der Waals surface area contributed by atoms with Crippen molar-refractivity contribution in [1.29, 1.82) is 0 Å². The predicted octanol–water partition coefficient (Wildman–Crippen LogP) is 6.08. The summed E-state index contributed by atoms with van der Waals surface area (Å²) in [5, 5.41) is 5.09. The first-order valence-electron chi connectivity index (χ1n) is 8.59. The number of aromatic nitrogens is 2. The molecule has 4 aromatic rings. The molecule has 0 amide bonds. The highest BCUT2D eigenvalue weighted by Gasteiger charge is 2.18. The molecule has 1 N–H and O–H groups in total. The minimum atomic E-state index is 0.672. The van der Waals surface area contributed by atoms with Crippen molar-refractivity contribution >= 4 is 44.7 Å². The number of ether oxygens (including phenoxy) is 2. The number of rotatable bonds is 5. The van der Waals surface area contributed by atoms with E-state index in [9.17, 15) is 0 Å². The molecule has 0 aliphatic heterocycles. The number of hydrogen-bond donors (Lipinski definition) is 1. The zero-order chi connectivity index (χ0) is 19.7. The van der Waals surface area contributed by atoms with Crippen LogP contribution in [0.5, 0.6) is 11.5 Å². The van der Waals surface area contributed by atoms with E-state index in [1.165, 1.54) is 4.88 Å². The topological polar surface area (TPSA) is 56.3 Å². The molecular weight excluding hydrogens is 394 g/mol. The molecule has 4 rings (SSSR count). The molecule has 2 aromatic heterocycles. The van der Waals surface area contributed by atoms with Crippen molar-refractivity contribution in [3.63, 3.8) is 0 Å². The molecule has 0 aliphatic carbocycles. The summed E-state index contributed by atoms with van der Waals surface area (Å²) in [5.41, 5.74) is 2.98. The van der Waals surface area contributed by atoms with E-state index in [0.29, 0.717) is 10.8 Å². The van der Waals surface area contributed by atoms with Gasteiger partial charge in [0.05, 0.1) is 25.3 Å². The summed E-state index contributed by atoms with van der Waals surface area (Å²) in [6, 6.07) is 13.4. The summed E-state index contributed by atoms with van der Waals surface area (Å²) in [5.74, 6) is 2.12. The number of anilines is 2. The number of fused-ring (bicyclic) bond motifs is 1. The van der Waals surface area contributed by atoms with Crippen molar-refractivity contribution in [3.8, 4) is 22.6 Å². The van der Waals surface area contributed by atoms with Crippen molar-refractivity contribution < 1.29 is 9.47 Å². The number of nitrogens with one attached hydrogen (secondary N) is 1. The van der Waals surface area contributed by atoms with Crippen LogP contribution in [0.3, 0.4) is 0 Å². The van der Waals surface area contributed by atoms with Gasteiger partial charge < -0.3 is 14.8 Å². The Balaban J connectivity index is 1.86. The standard InChI is InChI=1S/C21H18ClN3O2S/c1-12-18(13-4-6-14(22)7-5-13)19-20(23-11-24-21(19)28-12)25-16-9-8-15(26-2)10-17(16)27-3/h4-11H,1-3H3,(H,23,24,25). The van der Waals surface area contributed by atoms with Crippen LogP contribution in [0.15, 0.2) is 48.8 Å². The summed E-state index contributed by atoms with van der Waals surface area (Å²) < 4.78 is 10.8. The van der Waals surface area contributed by atoms with Crippen molar-refractivity contribution in [3.05, 3.63) is 58.7 Å². The first kappa shape index (κ1) is 18.5. The summed E-state index contributed by atoms with van der Waals surface area (Å²) in [6.07, 6.45) is 1.57. The van der Waals surface area contributed by atoms with Crippen LogP contribution in [0.25, 0.3) is 21.3 Å². The zero-order valence-electron chi connectivity index (χ0n) is 15.6. The highest BCUT2D eigenvalue weighted by atomic mass is 35.5. The fraction of sp³-hybridized carbons (Fsp3) is 0.143. The van der Waals surface area contributed by atoms with Crippen LogP contribution < -0.4 is 14.8 Å². The van der Waals surface area contributed by atoms with Gasteiger partial charge in [0.1, 0.15) is 28.5 Å². The fourth-order valence-corrected chi connectivity index (χ4v) is 4.27. The van der Waals surface area contributed by atoms with E-state index in [4.69, 9.17) is 21.1 Å². The predicted molar refractivity (Wildman–Crippen MR) is 115 cm³/mol. The van der Waals surface area contributed by atoms with Crippen LogP contribution >= 0.6 is 22.9 Å². The largest absolute Gasteiger partial charge is 0.497 e. The van der Waals surface area contributed by atoms with Gasteiger partial charge >= 0.3 is 0 Å². The van der Waals surface area contributed by atoms with E-state index in [1.54, 1.807) is 31.9 Å². The van der Waals surface area contributed by atoms with E-state index in [1.807, 2.05) is 42.5 Å². The van der Waals surface area contributed by atoms with Gasteiger partial charge in [-0.1, -0.05) is 23.7 Å². The molecule has 7 heteroatoms. The highest BCUT2D eigenvalue weighted by molar-refractivity contribution is 7.19. The molecular formula is C21H18ClN3O2S. The normalized spacial score (nSPS) is 10.9. The molecule has 0 unspecified atom stereocenters. The number of nitrogens with zero attached hydrogens (tertiary/aromatic N) is 2. The molecule has 0 fully saturated rings. The second-order valence-electron chi connectivity index (χ2n) is 6.13. The molecule has 2 aromatic carbocycles. The Morgan fingerprint density at radius 3 is 2.50 bits per heavy atom. The quantitative estimate of drug-likeness (QED) is 0.431. The Hall–Kier alpha value is -2.83. The maximum absolute atomic E-state index is 6.07. The molecule has 0 saturated heterocycles. The lowest BCUT2D eigenvalue weighted by Crippen LogP contribution is -1.98. The molecule has 142 valence electrons. The highest BCUT2D eigenvalue weighted by Crippen LogP contribution is 2.42. The molecule has 28 heavy (non-hydrogen) atoms. The summed E-state index contributed by atoms with van der Waals surface area (Å²) >= 11 is 7.71. The van der Waals surface area contributed by atoms with Crippen molar-refractivity contribution in [2.45, 2.75) is 6.92 Å². The molecule has 0 atom stereocenters. The number of thiophene rings is 1. The number of hydrogen-bond acceptors (Lipinski definition) is 6. The summed E-state index contributed by atoms with van der Waals surface area (Å²) in [4.78, 5) is 11.1. The molecule has 0 spiro atoms. The number of benzene rings is 2. The Morgan fingerprint density at radius 1 is 1.00 bits per heavy atom. The van der Waals surface area contributed by atoms with Gasteiger partial charge in [-0.2, -0.15) is 0 Å². The number of methoxy groups -OCH3 is 2. The summed E-state index contributed by atoms with van der Waals surface area (Å²) in [6.45, 7) is 2.09. The maximum atomic E-state index is 6.07. The maximum Gasteiger partial charge on any atom is 0.146 e. The van der Waals surface area contributed by atoms with Crippen molar-refractivity contribution in [1.82, 2.24) is 9.97 Å². The van der Waals surface area contributed by atoms with Crippen LogP contribution in [-0.2, 0) is 0 Å². The van der Waals surface area contributed by atoms with Crippen LogP contribution in [0.2, 0.25) is 5.02 Å². The first-order chi connectivity index (χ1) is 13.6. The molecule has 5 nitrogen and oxygen atoms in total. The van der Waals surface area contributed by atoms with E-state index in [-0.39, 0.29) is 0 Å². The minimum Gasteiger partial charge on any atom is -0.497 e. The molecule has 0 aliphatic rings. The Morgan fingerprint density at radius 2 is 1.79 bits per heavy atom. The average Bonchev–Trinajstić information content (AvgIpc) is 3.05. The average molecular weight is 412 g/mol. The second-order valence-corrected chi connectivity index (χ2v) is 7.77. The Kier molecular flexibility index (Phi) is 5.07. The van der Waals surface area contributed by atoms with Gasteiger partial charge in [-0.3, -0.25) is 0 Å². The van der Waals surface area contributed by atoms with Gasteiger partial charge in [-0.15, -0.1) is 11.3 Å². The number of halogens is 1. The van der Waals surface area contributed by atoms with E-state index in [2.05, 4.69) is 22.2 Å². The van der Waals surface area contributed by atoms with Crippen LogP contribution in [0, 0.1) is 6.92 Å². The fourth-order valence-electron chi connectivity index (χ4n) is 3.13. The zero-order valence-corrected chi connectivity index (χ0v) is 17.2. The van der Waals surface area contributed by atoms with E-state index in [0.717, 1.165) is 38.6 Å². The SMILES string of the molecule is COc1ccc(Nc2ncnc3sc(C)c(-c4ccc(Cl)cc4)c23)c(OC)c1. The van der Waals surface area contributed by atoms with E-state index < -0.39 is 0 Å². The third-order valence-electron chi connectivity index (χ3n) is 4.46. The van der Waals surface area contributed by atoms with Crippen LogP contribution in [0.1, 0.15) is 4.88 Å². The van der Waals surface area contributed by atoms with E-state index >= 15 is 0 Å².